The van der Waals surface area contributed by atoms with Crippen molar-refractivity contribution in [2.75, 3.05) is 43.0 Å². The van der Waals surface area contributed by atoms with Crippen molar-refractivity contribution < 1.29 is 14.3 Å². The molecule has 1 heterocycles. The van der Waals surface area contributed by atoms with Gasteiger partial charge >= 0.3 is 0 Å². The predicted octanol–water partition coefficient (Wildman–Crippen LogP) is 4.69. The van der Waals surface area contributed by atoms with Gasteiger partial charge in [-0.05, 0) is 49.4 Å². The van der Waals surface area contributed by atoms with Crippen molar-refractivity contribution in [1.82, 2.24) is 4.90 Å². The molecule has 1 aliphatic rings. The molecule has 1 N–H and O–H groups in total. The highest BCUT2D eigenvalue weighted by Gasteiger charge is 2.29. The Balaban J connectivity index is 1.58. The summed E-state index contributed by atoms with van der Waals surface area (Å²) in [4.78, 5) is 29.2. The molecule has 1 saturated heterocycles. The van der Waals surface area contributed by atoms with Crippen LogP contribution in [-0.2, 0) is 4.79 Å². The van der Waals surface area contributed by atoms with Gasteiger partial charge in [0.05, 0.1) is 11.6 Å². The average molecular weight is 444 g/mol. The minimum atomic E-state index is -0.352. The molecule has 0 spiro atoms. The van der Waals surface area contributed by atoms with Gasteiger partial charge in [0.15, 0.2) is 0 Å². The fourth-order valence-corrected chi connectivity index (χ4v) is 3.75. The van der Waals surface area contributed by atoms with E-state index < -0.39 is 0 Å². The second-order valence-electron chi connectivity index (χ2n) is 8.61. The van der Waals surface area contributed by atoms with E-state index in [2.05, 4.69) is 10.2 Å². The monoisotopic (exact) mass is 443 g/mol. The van der Waals surface area contributed by atoms with Crippen LogP contribution in [0, 0.1) is 5.41 Å². The highest BCUT2D eigenvalue weighted by Crippen LogP contribution is 2.26. The van der Waals surface area contributed by atoms with Crippen LogP contribution in [0.4, 0.5) is 11.4 Å². The van der Waals surface area contributed by atoms with Gasteiger partial charge in [0.25, 0.3) is 5.91 Å². The summed E-state index contributed by atoms with van der Waals surface area (Å²) in [5, 5.41) is 3.31. The first-order chi connectivity index (χ1) is 14.7. The standard InChI is InChI=1S/C24H30ClN3O3/c1-5-31-21-11-6-17(16-20(21)25)22(29)26-18-7-9-19(10-8-18)27-12-14-28(15-13-27)23(30)24(2,3)4/h6-11,16H,5,12-15H2,1-4H3,(H,26,29). The zero-order chi connectivity index (χ0) is 22.6. The molecule has 166 valence electrons. The summed E-state index contributed by atoms with van der Waals surface area (Å²) in [5.41, 5.74) is 1.90. The number of nitrogens with zero attached hydrogens (tertiary/aromatic N) is 2. The van der Waals surface area contributed by atoms with Crippen LogP contribution in [0.5, 0.6) is 5.75 Å². The van der Waals surface area contributed by atoms with Crippen LogP contribution in [0.25, 0.3) is 0 Å². The number of halogens is 1. The van der Waals surface area contributed by atoms with Crippen molar-refractivity contribution in [3.05, 3.63) is 53.1 Å². The number of hydrogen-bond acceptors (Lipinski definition) is 4. The van der Waals surface area contributed by atoms with Gasteiger partial charge in [-0.15, -0.1) is 0 Å². The van der Waals surface area contributed by atoms with E-state index in [-0.39, 0.29) is 17.2 Å². The fraction of sp³-hybridized carbons (Fsp3) is 0.417. The predicted molar refractivity (Wildman–Crippen MR) is 125 cm³/mol. The molecule has 0 radical (unpaired) electrons. The number of benzene rings is 2. The lowest BCUT2D eigenvalue weighted by Crippen LogP contribution is -2.51. The van der Waals surface area contributed by atoms with E-state index in [0.717, 1.165) is 18.8 Å². The number of carbonyl (C=O) groups excluding carboxylic acids is 2. The summed E-state index contributed by atoms with van der Waals surface area (Å²) in [5.74, 6) is 0.529. The maximum Gasteiger partial charge on any atom is 0.255 e. The summed E-state index contributed by atoms with van der Waals surface area (Å²) in [6.07, 6.45) is 0. The Hall–Kier alpha value is -2.73. The van der Waals surface area contributed by atoms with E-state index in [1.807, 2.05) is 56.9 Å². The molecular weight excluding hydrogens is 414 g/mol. The van der Waals surface area contributed by atoms with Gasteiger partial charge in [-0.1, -0.05) is 32.4 Å². The summed E-state index contributed by atoms with van der Waals surface area (Å²) in [7, 11) is 0. The normalized spacial score (nSPS) is 14.4. The van der Waals surface area contributed by atoms with Crippen LogP contribution in [0.1, 0.15) is 38.1 Å². The summed E-state index contributed by atoms with van der Waals surface area (Å²) >= 11 is 6.18. The Bertz CT molecular complexity index is 930. The summed E-state index contributed by atoms with van der Waals surface area (Å²) in [6.45, 7) is 11.3. The third kappa shape index (κ3) is 5.70. The molecule has 1 aliphatic heterocycles. The molecule has 1 fully saturated rings. The molecule has 6 nitrogen and oxygen atoms in total. The first kappa shape index (κ1) is 22.9. The van der Waals surface area contributed by atoms with Crippen LogP contribution in [0.3, 0.4) is 0 Å². The first-order valence-corrected chi connectivity index (χ1v) is 10.9. The lowest BCUT2D eigenvalue weighted by molar-refractivity contribution is -0.139. The molecule has 31 heavy (non-hydrogen) atoms. The van der Waals surface area contributed by atoms with Crippen molar-refractivity contribution in [2.45, 2.75) is 27.7 Å². The summed E-state index contributed by atoms with van der Waals surface area (Å²) in [6, 6.07) is 12.7. The van der Waals surface area contributed by atoms with Gasteiger partial charge in [-0.25, -0.2) is 0 Å². The second kappa shape index (κ2) is 9.60. The van der Waals surface area contributed by atoms with E-state index in [1.54, 1.807) is 18.2 Å². The van der Waals surface area contributed by atoms with Crippen LogP contribution < -0.4 is 15.0 Å². The number of carbonyl (C=O) groups is 2. The van der Waals surface area contributed by atoms with Gasteiger partial charge in [-0.2, -0.15) is 0 Å². The van der Waals surface area contributed by atoms with Crippen molar-refractivity contribution in [3.8, 4) is 5.75 Å². The van der Waals surface area contributed by atoms with Crippen LogP contribution in [-0.4, -0.2) is 49.5 Å². The van der Waals surface area contributed by atoms with Crippen molar-refractivity contribution >= 4 is 34.8 Å². The lowest BCUT2D eigenvalue weighted by Gasteiger charge is -2.38. The minimum absolute atomic E-state index is 0.194. The van der Waals surface area contributed by atoms with E-state index >= 15 is 0 Å². The van der Waals surface area contributed by atoms with Gasteiger partial charge in [0.1, 0.15) is 5.75 Å². The van der Waals surface area contributed by atoms with Crippen molar-refractivity contribution in [1.29, 1.82) is 0 Å². The Morgan fingerprint density at radius 2 is 1.68 bits per heavy atom. The maximum absolute atomic E-state index is 12.5. The van der Waals surface area contributed by atoms with Gasteiger partial charge in [0.2, 0.25) is 5.91 Å². The molecule has 0 saturated carbocycles. The Morgan fingerprint density at radius 1 is 1.03 bits per heavy atom. The van der Waals surface area contributed by atoms with Crippen molar-refractivity contribution in [3.63, 3.8) is 0 Å². The number of hydrogen-bond donors (Lipinski definition) is 1. The number of amides is 2. The maximum atomic E-state index is 12.5. The van der Waals surface area contributed by atoms with Gasteiger partial charge < -0.3 is 19.9 Å². The molecule has 2 aromatic carbocycles. The highest BCUT2D eigenvalue weighted by atomic mass is 35.5. The number of ether oxygens (including phenoxy) is 1. The zero-order valence-electron chi connectivity index (χ0n) is 18.6. The molecule has 0 aliphatic carbocycles. The van der Waals surface area contributed by atoms with Crippen LogP contribution >= 0.6 is 11.6 Å². The molecule has 2 amide bonds. The van der Waals surface area contributed by atoms with E-state index in [9.17, 15) is 9.59 Å². The third-order valence-electron chi connectivity index (χ3n) is 5.19. The van der Waals surface area contributed by atoms with Crippen LogP contribution in [0.2, 0.25) is 5.02 Å². The van der Waals surface area contributed by atoms with Crippen LogP contribution in [0.15, 0.2) is 42.5 Å². The number of piperazine rings is 1. The Morgan fingerprint density at radius 3 is 2.23 bits per heavy atom. The average Bonchev–Trinajstić information content (AvgIpc) is 2.75. The number of anilines is 2. The van der Waals surface area contributed by atoms with Crippen molar-refractivity contribution in [2.24, 2.45) is 5.41 Å². The fourth-order valence-electron chi connectivity index (χ4n) is 3.52. The van der Waals surface area contributed by atoms with E-state index in [1.165, 1.54) is 0 Å². The zero-order valence-corrected chi connectivity index (χ0v) is 19.3. The molecule has 0 atom stereocenters. The first-order valence-electron chi connectivity index (χ1n) is 10.6. The lowest BCUT2D eigenvalue weighted by atomic mass is 9.94. The van der Waals surface area contributed by atoms with Gasteiger partial charge in [0, 0.05) is 48.5 Å². The highest BCUT2D eigenvalue weighted by molar-refractivity contribution is 6.32. The Labute approximate surface area is 189 Å². The van der Waals surface area contributed by atoms with Gasteiger partial charge in [-0.3, -0.25) is 9.59 Å². The smallest absolute Gasteiger partial charge is 0.255 e. The largest absolute Gasteiger partial charge is 0.492 e. The second-order valence-corrected chi connectivity index (χ2v) is 9.02. The minimum Gasteiger partial charge on any atom is -0.492 e. The molecule has 0 bridgehead atoms. The molecule has 3 rings (SSSR count). The molecule has 2 aromatic rings. The topological polar surface area (TPSA) is 61.9 Å². The number of nitrogens with one attached hydrogen (secondary N) is 1. The quantitative estimate of drug-likeness (QED) is 0.728. The van der Waals surface area contributed by atoms with E-state index in [0.29, 0.717) is 41.7 Å². The summed E-state index contributed by atoms with van der Waals surface area (Å²) < 4.78 is 5.41. The SMILES string of the molecule is CCOc1ccc(C(=O)Nc2ccc(N3CCN(C(=O)C(C)(C)C)CC3)cc2)cc1Cl. The molecule has 7 heteroatoms. The third-order valence-corrected chi connectivity index (χ3v) is 5.49. The molecular formula is C24H30ClN3O3. The molecule has 0 unspecified atom stereocenters. The number of rotatable bonds is 5. The Kier molecular flexibility index (Phi) is 7.11. The molecule has 0 aromatic heterocycles. The van der Waals surface area contributed by atoms with E-state index in [4.69, 9.17) is 16.3 Å².